The molecular formula is C13H18N2O3S. The van der Waals surface area contributed by atoms with Crippen molar-refractivity contribution in [2.75, 3.05) is 27.2 Å². The van der Waals surface area contributed by atoms with Crippen molar-refractivity contribution >= 4 is 10.0 Å². The number of ether oxygens (including phenoxy) is 1. The fourth-order valence-electron chi connectivity index (χ4n) is 3.01. The van der Waals surface area contributed by atoms with E-state index in [0.29, 0.717) is 23.2 Å². The molecule has 3 rings (SSSR count). The smallest absolute Gasteiger partial charge is 0.243 e. The number of rotatable bonds is 3. The fraction of sp³-hybridized carbons (Fsp3) is 0.538. The van der Waals surface area contributed by atoms with Crippen LogP contribution in [-0.4, -0.2) is 57.0 Å². The van der Waals surface area contributed by atoms with Crippen molar-refractivity contribution in [3.05, 3.63) is 24.3 Å². The summed E-state index contributed by atoms with van der Waals surface area (Å²) in [7, 11) is 0.259. The Morgan fingerprint density at radius 3 is 2.32 bits per heavy atom. The number of sulfonamides is 1. The van der Waals surface area contributed by atoms with Gasteiger partial charge in [0.05, 0.1) is 12.0 Å². The summed E-state index contributed by atoms with van der Waals surface area (Å²) in [4.78, 5) is 2.59. The van der Waals surface area contributed by atoms with Gasteiger partial charge >= 0.3 is 0 Å². The number of nitrogens with zero attached hydrogens (tertiary/aromatic N) is 2. The molecule has 2 saturated heterocycles. The van der Waals surface area contributed by atoms with Gasteiger partial charge in [-0.2, -0.15) is 4.31 Å². The minimum atomic E-state index is -3.37. The van der Waals surface area contributed by atoms with Crippen molar-refractivity contribution in [3.63, 3.8) is 0 Å². The molecule has 2 aliphatic heterocycles. The number of hydrogen-bond donors (Lipinski definition) is 0. The van der Waals surface area contributed by atoms with Gasteiger partial charge in [-0.25, -0.2) is 8.42 Å². The molecule has 19 heavy (non-hydrogen) atoms. The lowest BCUT2D eigenvalue weighted by atomic mass is 10.2. The quantitative estimate of drug-likeness (QED) is 0.822. The summed E-state index contributed by atoms with van der Waals surface area (Å²) < 4.78 is 31.9. The minimum absolute atomic E-state index is 0.127. The normalized spacial score (nSPS) is 27.9. The third-order valence-electron chi connectivity index (χ3n) is 4.13. The first kappa shape index (κ1) is 12.9. The van der Waals surface area contributed by atoms with E-state index >= 15 is 0 Å². The molecule has 2 atom stereocenters. The Bertz CT molecular complexity index is 568. The lowest BCUT2D eigenvalue weighted by Crippen LogP contribution is -2.47. The first-order valence-corrected chi connectivity index (χ1v) is 7.82. The fourth-order valence-corrected chi connectivity index (χ4v) is 4.67. The predicted octanol–water partition coefficient (Wildman–Crippen LogP) is 0.772. The molecule has 104 valence electrons. The van der Waals surface area contributed by atoms with Gasteiger partial charge in [-0.15, -0.1) is 0 Å². The number of likely N-dealkylation sites (N-methyl/N-ethyl adjacent to an activating group) is 1. The van der Waals surface area contributed by atoms with Crippen molar-refractivity contribution < 1.29 is 13.2 Å². The van der Waals surface area contributed by atoms with Crippen molar-refractivity contribution in [1.82, 2.24) is 9.21 Å². The second-order valence-corrected chi connectivity index (χ2v) is 7.12. The topological polar surface area (TPSA) is 49.9 Å². The van der Waals surface area contributed by atoms with Gasteiger partial charge < -0.3 is 9.64 Å². The maximum absolute atomic E-state index is 12.6. The van der Waals surface area contributed by atoms with Crippen molar-refractivity contribution in [2.45, 2.75) is 23.4 Å². The molecular weight excluding hydrogens is 264 g/mol. The Labute approximate surface area is 113 Å². The van der Waals surface area contributed by atoms with Crippen LogP contribution in [0.2, 0.25) is 0 Å². The third kappa shape index (κ3) is 2.04. The van der Waals surface area contributed by atoms with Crippen LogP contribution >= 0.6 is 0 Å². The Morgan fingerprint density at radius 1 is 1.16 bits per heavy atom. The summed E-state index contributed by atoms with van der Waals surface area (Å²) in [5, 5.41) is 0. The summed E-state index contributed by atoms with van der Waals surface area (Å²) in [5.74, 6) is 0.668. The van der Waals surface area contributed by atoms with E-state index in [9.17, 15) is 8.42 Å². The molecule has 6 heteroatoms. The average molecular weight is 282 g/mol. The highest BCUT2D eigenvalue weighted by atomic mass is 32.2. The molecule has 0 saturated carbocycles. The molecule has 0 N–H and O–H groups in total. The summed E-state index contributed by atoms with van der Waals surface area (Å²) in [6.07, 6.45) is 0.950. The van der Waals surface area contributed by atoms with Gasteiger partial charge in [0.25, 0.3) is 0 Å². The highest BCUT2D eigenvalue weighted by Gasteiger charge is 2.46. The van der Waals surface area contributed by atoms with Crippen LogP contribution in [-0.2, 0) is 10.0 Å². The zero-order chi connectivity index (χ0) is 13.6. The van der Waals surface area contributed by atoms with Crippen LogP contribution in [0.15, 0.2) is 29.2 Å². The number of benzene rings is 1. The van der Waals surface area contributed by atoms with E-state index in [4.69, 9.17) is 4.74 Å². The van der Waals surface area contributed by atoms with E-state index in [1.807, 2.05) is 0 Å². The Kier molecular flexibility index (Phi) is 3.03. The zero-order valence-electron chi connectivity index (χ0n) is 11.1. The second-order valence-electron chi connectivity index (χ2n) is 5.23. The number of hydrogen-bond acceptors (Lipinski definition) is 4. The van der Waals surface area contributed by atoms with E-state index in [-0.39, 0.29) is 6.04 Å². The van der Waals surface area contributed by atoms with Crippen LogP contribution in [0.3, 0.4) is 0 Å². The van der Waals surface area contributed by atoms with Gasteiger partial charge in [0, 0.05) is 25.2 Å². The van der Waals surface area contributed by atoms with E-state index in [2.05, 4.69) is 11.9 Å². The molecule has 1 aromatic carbocycles. The summed E-state index contributed by atoms with van der Waals surface area (Å²) in [5.41, 5.74) is 0. The van der Waals surface area contributed by atoms with Crippen LogP contribution < -0.4 is 4.74 Å². The molecule has 2 heterocycles. The lowest BCUT2D eigenvalue weighted by molar-refractivity contribution is 0.216. The Morgan fingerprint density at radius 2 is 1.84 bits per heavy atom. The van der Waals surface area contributed by atoms with E-state index < -0.39 is 10.0 Å². The van der Waals surface area contributed by atoms with Gasteiger partial charge in [-0.1, -0.05) is 0 Å². The van der Waals surface area contributed by atoms with Crippen LogP contribution in [0.5, 0.6) is 5.75 Å². The third-order valence-corrected chi connectivity index (χ3v) is 6.06. The summed E-state index contributed by atoms with van der Waals surface area (Å²) in [6, 6.07) is 7.11. The molecule has 2 fully saturated rings. The Hall–Kier alpha value is -1.11. The Balaban J connectivity index is 1.87. The highest BCUT2D eigenvalue weighted by Crippen LogP contribution is 2.34. The molecule has 0 aliphatic carbocycles. The summed E-state index contributed by atoms with van der Waals surface area (Å²) >= 11 is 0. The number of fused-ring (bicyclic) bond motifs is 2. The monoisotopic (exact) mass is 282 g/mol. The number of likely N-dealkylation sites (tertiary alicyclic amines) is 1. The molecule has 2 bridgehead atoms. The van der Waals surface area contributed by atoms with Crippen molar-refractivity contribution in [3.8, 4) is 5.75 Å². The van der Waals surface area contributed by atoms with Gasteiger partial charge in [-0.3, -0.25) is 0 Å². The lowest BCUT2D eigenvalue weighted by Gasteiger charge is -2.31. The number of piperazine rings is 1. The van der Waals surface area contributed by atoms with Gasteiger partial charge in [-0.05, 0) is 37.7 Å². The first-order chi connectivity index (χ1) is 9.02. The molecule has 0 spiro atoms. The van der Waals surface area contributed by atoms with E-state index in [1.54, 1.807) is 35.7 Å². The van der Waals surface area contributed by atoms with Crippen LogP contribution in [0.4, 0.5) is 0 Å². The highest BCUT2D eigenvalue weighted by molar-refractivity contribution is 7.89. The SMILES string of the molecule is COc1ccc(S(=O)(=O)N2C[C@@H]3C[C@H]2CN3C)cc1. The minimum Gasteiger partial charge on any atom is -0.497 e. The molecule has 0 amide bonds. The average Bonchev–Trinajstić information content (AvgIpc) is 2.98. The maximum atomic E-state index is 12.6. The van der Waals surface area contributed by atoms with Crippen molar-refractivity contribution in [2.24, 2.45) is 0 Å². The van der Waals surface area contributed by atoms with Crippen molar-refractivity contribution in [1.29, 1.82) is 0 Å². The van der Waals surface area contributed by atoms with Gasteiger partial charge in [0.15, 0.2) is 0 Å². The standard InChI is InChI=1S/C13H18N2O3S/c1-14-8-11-7-10(14)9-15(11)19(16,17)13-5-3-12(18-2)4-6-13/h3-6,10-11H,7-9H2,1-2H3/t10-,11-/m0/s1. The van der Waals surface area contributed by atoms with Gasteiger partial charge in [0.2, 0.25) is 10.0 Å². The molecule has 5 nitrogen and oxygen atoms in total. The molecule has 1 aromatic rings. The van der Waals surface area contributed by atoms with Crippen LogP contribution in [0, 0.1) is 0 Å². The second kappa shape index (κ2) is 4.47. The largest absolute Gasteiger partial charge is 0.497 e. The molecule has 0 unspecified atom stereocenters. The van der Waals surface area contributed by atoms with Crippen LogP contribution in [0.25, 0.3) is 0 Å². The summed E-state index contributed by atoms with van der Waals surface area (Å²) in [6.45, 7) is 1.44. The maximum Gasteiger partial charge on any atom is 0.243 e. The number of methoxy groups -OCH3 is 1. The van der Waals surface area contributed by atoms with Gasteiger partial charge in [0.1, 0.15) is 5.75 Å². The van der Waals surface area contributed by atoms with E-state index in [1.165, 1.54) is 0 Å². The molecule has 2 aliphatic rings. The van der Waals surface area contributed by atoms with Crippen LogP contribution in [0.1, 0.15) is 6.42 Å². The molecule has 0 radical (unpaired) electrons. The first-order valence-electron chi connectivity index (χ1n) is 6.38. The predicted molar refractivity (Wildman–Crippen MR) is 71.7 cm³/mol. The zero-order valence-corrected chi connectivity index (χ0v) is 11.9. The molecule has 0 aromatic heterocycles. The van der Waals surface area contributed by atoms with E-state index in [0.717, 1.165) is 13.0 Å².